The van der Waals surface area contributed by atoms with E-state index >= 15 is 0 Å². The van der Waals surface area contributed by atoms with Gasteiger partial charge in [0.25, 0.3) is 0 Å². The SMILES string of the molecule is COc1ccccc1OC[C@H]1CN(Cc2ccccc2)CC[C@@H]1c1ccc(F)cc1. The Labute approximate surface area is 178 Å². The first-order chi connectivity index (χ1) is 14.7. The Hall–Kier alpha value is -2.85. The third-order valence-electron chi connectivity index (χ3n) is 5.89. The Morgan fingerprint density at radius 1 is 0.900 bits per heavy atom. The Bertz CT molecular complexity index is 929. The van der Waals surface area contributed by atoms with Crippen LogP contribution in [0, 0.1) is 11.7 Å². The van der Waals surface area contributed by atoms with Crippen LogP contribution >= 0.6 is 0 Å². The molecular formula is C26H28FNO2. The highest BCUT2D eigenvalue weighted by atomic mass is 19.1. The van der Waals surface area contributed by atoms with Crippen LogP contribution in [0.4, 0.5) is 4.39 Å². The monoisotopic (exact) mass is 405 g/mol. The van der Waals surface area contributed by atoms with Gasteiger partial charge in [-0.2, -0.15) is 0 Å². The van der Waals surface area contributed by atoms with Crippen LogP contribution in [0.15, 0.2) is 78.9 Å². The lowest BCUT2D eigenvalue weighted by molar-refractivity contribution is 0.105. The van der Waals surface area contributed by atoms with Crippen molar-refractivity contribution in [2.75, 3.05) is 26.8 Å². The van der Waals surface area contributed by atoms with Gasteiger partial charge in [0, 0.05) is 19.0 Å². The van der Waals surface area contributed by atoms with Gasteiger partial charge in [0.2, 0.25) is 0 Å². The normalized spacial score (nSPS) is 19.4. The highest BCUT2D eigenvalue weighted by molar-refractivity contribution is 5.39. The summed E-state index contributed by atoms with van der Waals surface area (Å²) in [4.78, 5) is 2.49. The van der Waals surface area contributed by atoms with E-state index in [2.05, 4.69) is 29.2 Å². The van der Waals surface area contributed by atoms with E-state index in [0.29, 0.717) is 18.4 Å². The van der Waals surface area contributed by atoms with Crippen molar-refractivity contribution in [2.24, 2.45) is 5.92 Å². The van der Waals surface area contributed by atoms with Gasteiger partial charge in [-0.3, -0.25) is 4.90 Å². The van der Waals surface area contributed by atoms with Crippen LogP contribution in [0.3, 0.4) is 0 Å². The zero-order valence-corrected chi connectivity index (χ0v) is 17.3. The molecule has 0 saturated carbocycles. The molecule has 1 heterocycles. The summed E-state index contributed by atoms with van der Waals surface area (Å²) in [6.45, 7) is 3.48. The third kappa shape index (κ3) is 5.00. The summed E-state index contributed by atoms with van der Waals surface area (Å²) in [7, 11) is 1.66. The second-order valence-electron chi connectivity index (χ2n) is 7.89. The minimum Gasteiger partial charge on any atom is -0.493 e. The number of hydrogen-bond donors (Lipinski definition) is 0. The van der Waals surface area contributed by atoms with Crippen LogP contribution in [0.1, 0.15) is 23.5 Å². The molecule has 0 aromatic heterocycles. The molecule has 0 N–H and O–H groups in total. The molecule has 3 aromatic rings. The van der Waals surface area contributed by atoms with Crippen LogP contribution in [-0.2, 0) is 6.54 Å². The van der Waals surface area contributed by atoms with Crippen LogP contribution in [0.2, 0.25) is 0 Å². The number of piperidine rings is 1. The molecule has 1 aliphatic rings. The molecule has 4 heteroatoms. The first-order valence-electron chi connectivity index (χ1n) is 10.5. The van der Waals surface area contributed by atoms with Crippen LogP contribution in [0.25, 0.3) is 0 Å². The van der Waals surface area contributed by atoms with E-state index in [1.807, 2.05) is 42.5 Å². The van der Waals surface area contributed by atoms with Gasteiger partial charge in [0.1, 0.15) is 5.82 Å². The van der Waals surface area contributed by atoms with Crippen LogP contribution in [-0.4, -0.2) is 31.7 Å². The summed E-state index contributed by atoms with van der Waals surface area (Å²) in [5.41, 5.74) is 2.51. The molecule has 3 nitrogen and oxygen atoms in total. The standard InChI is InChI=1S/C26H28FNO2/c1-29-25-9-5-6-10-26(25)30-19-22-18-28(17-20-7-3-2-4-8-20)16-15-24(22)21-11-13-23(27)14-12-21/h2-14,22,24H,15-19H2,1H3/t22-,24-/m1/s1. The largest absolute Gasteiger partial charge is 0.493 e. The number of halogens is 1. The predicted molar refractivity (Wildman–Crippen MR) is 117 cm³/mol. The zero-order valence-electron chi connectivity index (χ0n) is 17.3. The Kier molecular flexibility index (Phi) is 6.65. The van der Waals surface area contributed by atoms with Gasteiger partial charge in [-0.1, -0.05) is 54.6 Å². The molecule has 0 unspecified atom stereocenters. The number of benzene rings is 3. The van der Waals surface area contributed by atoms with E-state index in [9.17, 15) is 4.39 Å². The van der Waals surface area contributed by atoms with E-state index in [0.717, 1.165) is 37.6 Å². The fourth-order valence-electron chi connectivity index (χ4n) is 4.35. The molecule has 156 valence electrons. The highest BCUT2D eigenvalue weighted by Crippen LogP contribution is 2.35. The second-order valence-corrected chi connectivity index (χ2v) is 7.89. The summed E-state index contributed by atoms with van der Waals surface area (Å²) < 4.78 is 25.1. The average Bonchev–Trinajstić information content (AvgIpc) is 2.79. The number of likely N-dealkylation sites (tertiary alicyclic amines) is 1. The van der Waals surface area contributed by atoms with Crippen LogP contribution in [0.5, 0.6) is 11.5 Å². The number of para-hydroxylation sites is 2. The zero-order chi connectivity index (χ0) is 20.8. The average molecular weight is 406 g/mol. The van der Waals surface area contributed by atoms with E-state index in [1.165, 1.54) is 11.1 Å². The van der Waals surface area contributed by atoms with Crippen molar-refractivity contribution < 1.29 is 13.9 Å². The minimum absolute atomic E-state index is 0.193. The fourth-order valence-corrected chi connectivity index (χ4v) is 4.35. The lowest BCUT2D eigenvalue weighted by Crippen LogP contribution is -2.41. The predicted octanol–water partition coefficient (Wildman–Crippen LogP) is 5.52. The molecule has 1 saturated heterocycles. The molecule has 1 fully saturated rings. The van der Waals surface area contributed by atoms with Crippen LogP contribution < -0.4 is 9.47 Å². The van der Waals surface area contributed by atoms with Gasteiger partial charge in [-0.25, -0.2) is 4.39 Å². The Balaban J connectivity index is 1.50. The molecule has 0 aliphatic carbocycles. The summed E-state index contributed by atoms with van der Waals surface area (Å²) in [6, 6.07) is 25.3. The molecule has 0 bridgehead atoms. The lowest BCUT2D eigenvalue weighted by Gasteiger charge is -2.39. The maximum atomic E-state index is 13.5. The number of methoxy groups -OCH3 is 1. The molecule has 1 aliphatic heterocycles. The van der Waals surface area contributed by atoms with Crippen molar-refractivity contribution >= 4 is 0 Å². The second kappa shape index (κ2) is 9.77. The number of nitrogens with zero attached hydrogens (tertiary/aromatic N) is 1. The van der Waals surface area contributed by atoms with Gasteiger partial charge in [0.15, 0.2) is 11.5 Å². The van der Waals surface area contributed by atoms with Gasteiger partial charge in [0.05, 0.1) is 13.7 Å². The molecule has 3 aromatic carbocycles. The molecule has 0 spiro atoms. The van der Waals surface area contributed by atoms with Gasteiger partial charge < -0.3 is 9.47 Å². The van der Waals surface area contributed by atoms with Crippen molar-refractivity contribution in [3.63, 3.8) is 0 Å². The number of ether oxygens (including phenoxy) is 2. The molecule has 30 heavy (non-hydrogen) atoms. The van der Waals surface area contributed by atoms with E-state index in [1.54, 1.807) is 19.2 Å². The van der Waals surface area contributed by atoms with Gasteiger partial charge >= 0.3 is 0 Å². The summed E-state index contributed by atoms with van der Waals surface area (Å²) in [5.74, 6) is 1.96. The van der Waals surface area contributed by atoms with E-state index in [4.69, 9.17) is 9.47 Å². The first-order valence-corrected chi connectivity index (χ1v) is 10.5. The molecule has 2 atom stereocenters. The van der Waals surface area contributed by atoms with Gasteiger partial charge in [-0.05, 0) is 54.3 Å². The van der Waals surface area contributed by atoms with E-state index < -0.39 is 0 Å². The maximum absolute atomic E-state index is 13.5. The van der Waals surface area contributed by atoms with Crippen molar-refractivity contribution in [2.45, 2.75) is 18.9 Å². The minimum atomic E-state index is -0.193. The summed E-state index contributed by atoms with van der Waals surface area (Å²) in [6.07, 6.45) is 1.03. The van der Waals surface area contributed by atoms with Crippen molar-refractivity contribution in [1.29, 1.82) is 0 Å². The quantitative estimate of drug-likeness (QED) is 0.517. The Morgan fingerprint density at radius 3 is 2.33 bits per heavy atom. The molecular weight excluding hydrogens is 377 g/mol. The topological polar surface area (TPSA) is 21.7 Å². The third-order valence-corrected chi connectivity index (χ3v) is 5.89. The summed E-state index contributed by atoms with van der Waals surface area (Å²) in [5, 5.41) is 0. The smallest absolute Gasteiger partial charge is 0.161 e. The van der Waals surface area contributed by atoms with E-state index in [-0.39, 0.29) is 5.82 Å². The summed E-state index contributed by atoms with van der Waals surface area (Å²) >= 11 is 0. The van der Waals surface area contributed by atoms with Crippen molar-refractivity contribution in [3.8, 4) is 11.5 Å². The van der Waals surface area contributed by atoms with Crippen molar-refractivity contribution in [1.82, 2.24) is 4.90 Å². The highest BCUT2D eigenvalue weighted by Gasteiger charge is 2.31. The fraction of sp³-hybridized carbons (Fsp3) is 0.308. The number of rotatable bonds is 7. The lowest BCUT2D eigenvalue weighted by atomic mass is 9.80. The molecule has 0 amide bonds. The number of hydrogen-bond acceptors (Lipinski definition) is 3. The Morgan fingerprint density at radius 2 is 1.60 bits per heavy atom. The van der Waals surface area contributed by atoms with Gasteiger partial charge in [-0.15, -0.1) is 0 Å². The van der Waals surface area contributed by atoms with Crippen molar-refractivity contribution in [3.05, 3.63) is 95.8 Å². The first kappa shape index (κ1) is 20.4. The molecule has 4 rings (SSSR count). The molecule has 0 radical (unpaired) electrons. The maximum Gasteiger partial charge on any atom is 0.161 e.